The standard InChI is InChI=1S/C11H17N3O5/c1-7-5-8(14-19-7)6-12-11(17)13-9(10(15)16)3-4-18-2/h5,9H,3-4,6H2,1-2H3,(H,15,16)(H2,12,13,17). The van der Waals surface area contributed by atoms with Crippen LogP contribution in [0.15, 0.2) is 10.6 Å². The van der Waals surface area contributed by atoms with Crippen molar-refractivity contribution in [2.24, 2.45) is 0 Å². The van der Waals surface area contributed by atoms with Gasteiger partial charge in [-0.3, -0.25) is 0 Å². The number of aromatic nitrogens is 1. The van der Waals surface area contributed by atoms with E-state index in [9.17, 15) is 9.59 Å². The number of nitrogens with zero attached hydrogens (tertiary/aromatic N) is 1. The van der Waals surface area contributed by atoms with Gasteiger partial charge in [-0.1, -0.05) is 5.16 Å². The number of amides is 2. The molecule has 0 saturated carbocycles. The van der Waals surface area contributed by atoms with Crippen molar-refractivity contribution < 1.29 is 24.0 Å². The normalized spacial score (nSPS) is 11.9. The summed E-state index contributed by atoms with van der Waals surface area (Å²) in [6.45, 7) is 2.15. The Labute approximate surface area is 110 Å². The number of carbonyl (C=O) groups is 2. The average Bonchev–Trinajstić information content (AvgIpc) is 2.77. The van der Waals surface area contributed by atoms with Crippen LogP contribution in [0.25, 0.3) is 0 Å². The number of nitrogens with one attached hydrogen (secondary N) is 2. The Morgan fingerprint density at radius 3 is 2.84 bits per heavy atom. The first-order valence-electron chi connectivity index (χ1n) is 5.71. The van der Waals surface area contributed by atoms with Crippen LogP contribution >= 0.6 is 0 Å². The maximum atomic E-state index is 11.5. The molecule has 0 bridgehead atoms. The third kappa shape index (κ3) is 5.38. The zero-order chi connectivity index (χ0) is 14.3. The van der Waals surface area contributed by atoms with Crippen LogP contribution in [0, 0.1) is 6.92 Å². The molecule has 19 heavy (non-hydrogen) atoms. The van der Waals surface area contributed by atoms with Gasteiger partial charge in [0.15, 0.2) is 0 Å². The monoisotopic (exact) mass is 271 g/mol. The topological polar surface area (TPSA) is 114 Å². The van der Waals surface area contributed by atoms with Crippen molar-refractivity contribution in [2.75, 3.05) is 13.7 Å². The van der Waals surface area contributed by atoms with Crippen molar-refractivity contribution >= 4 is 12.0 Å². The summed E-state index contributed by atoms with van der Waals surface area (Å²) in [6, 6.07) is 0.114. The maximum absolute atomic E-state index is 11.5. The second kappa shape index (κ2) is 7.37. The van der Waals surface area contributed by atoms with Gasteiger partial charge in [0.05, 0.1) is 6.54 Å². The molecule has 0 aromatic carbocycles. The lowest BCUT2D eigenvalue weighted by Crippen LogP contribution is -2.46. The van der Waals surface area contributed by atoms with Crippen LogP contribution in [0.4, 0.5) is 4.79 Å². The minimum absolute atomic E-state index is 0.166. The molecule has 0 spiro atoms. The van der Waals surface area contributed by atoms with Crippen molar-refractivity contribution in [1.29, 1.82) is 0 Å². The van der Waals surface area contributed by atoms with E-state index in [1.54, 1.807) is 13.0 Å². The van der Waals surface area contributed by atoms with Crippen molar-refractivity contribution in [3.8, 4) is 0 Å². The molecule has 2 amide bonds. The summed E-state index contributed by atoms with van der Waals surface area (Å²) in [5, 5.41) is 17.4. The fourth-order valence-corrected chi connectivity index (χ4v) is 1.37. The lowest BCUT2D eigenvalue weighted by atomic mass is 10.2. The van der Waals surface area contributed by atoms with Gasteiger partial charge in [0.1, 0.15) is 17.5 Å². The van der Waals surface area contributed by atoms with Gasteiger partial charge in [0.25, 0.3) is 0 Å². The summed E-state index contributed by atoms with van der Waals surface area (Å²) in [4.78, 5) is 22.4. The SMILES string of the molecule is COCCC(NC(=O)NCc1cc(C)on1)C(=O)O. The number of carboxylic acids is 1. The van der Waals surface area contributed by atoms with E-state index < -0.39 is 18.0 Å². The molecule has 1 heterocycles. The van der Waals surface area contributed by atoms with Gasteiger partial charge in [-0.25, -0.2) is 9.59 Å². The largest absolute Gasteiger partial charge is 0.480 e. The van der Waals surface area contributed by atoms with Gasteiger partial charge in [-0.2, -0.15) is 0 Å². The van der Waals surface area contributed by atoms with Crippen LogP contribution in [-0.4, -0.2) is 42.0 Å². The highest BCUT2D eigenvalue weighted by molar-refractivity contribution is 5.82. The van der Waals surface area contributed by atoms with Crippen molar-refractivity contribution in [1.82, 2.24) is 15.8 Å². The zero-order valence-electron chi connectivity index (χ0n) is 10.8. The first kappa shape index (κ1) is 15.0. The van der Waals surface area contributed by atoms with Crippen LogP contribution in [0.5, 0.6) is 0 Å². The second-order valence-corrected chi connectivity index (χ2v) is 3.93. The smallest absolute Gasteiger partial charge is 0.326 e. The molecule has 0 radical (unpaired) electrons. The van der Waals surface area contributed by atoms with Crippen molar-refractivity contribution in [3.05, 3.63) is 17.5 Å². The first-order chi connectivity index (χ1) is 9.02. The van der Waals surface area contributed by atoms with Gasteiger partial charge >= 0.3 is 12.0 Å². The fourth-order valence-electron chi connectivity index (χ4n) is 1.37. The van der Waals surface area contributed by atoms with Gasteiger partial charge in [-0.05, 0) is 6.92 Å². The Kier molecular flexibility index (Phi) is 5.80. The Morgan fingerprint density at radius 2 is 2.32 bits per heavy atom. The first-order valence-corrected chi connectivity index (χ1v) is 5.71. The molecule has 1 rings (SSSR count). The van der Waals surface area contributed by atoms with E-state index in [0.29, 0.717) is 11.5 Å². The summed E-state index contributed by atoms with van der Waals surface area (Å²) in [6.07, 6.45) is 0.197. The molecule has 1 atom stereocenters. The van der Waals surface area contributed by atoms with E-state index in [4.69, 9.17) is 14.4 Å². The Hall–Kier alpha value is -2.09. The Balaban J connectivity index is 2.37. The third-order valence-electron chi connectivity index (χ3n) is 2.32. The number of hydrogen-bond acceptors (Lipinski definition) is 5. The van der Waals surface area contributed by atoms with E-state index in [0.717, 1.165) is 0 Å². The summed E-state index contributed by atoms with van der Waals surface area (Å²) < 4.78 is 9.62. The van der Waals surface area contributed by atoms with Crippen LogP contribution in [-0.2, 0) is 16.1 Å². The minimum atomic E-state index is -1.11. The number of aliphatic carboxylic acids is 1. The lowest BCUT2D eigenvalue weighted by Gasteiger charge is -2.14. The van der Waals surface area contributed by atoms with Crippen molar-refractivity contribution in [3.63, 3.8) is 0 Å². The number of carbonyl (C=O) groups excluding carboxylic acids is 1. The molecule has 1 aromatic heterocycles. The van der Waals surface area contributed by atoms with Crippen LogP contribution in [0.3, 0.4) is 0 Å². The molecule has 3 N–H and O–H groups in total. The number of aryl methyl sites for hydroxylation is 1. The molecule has 0 saturated heterocycles. The Morgan fingerprint density at radius 1 is 1.58 bits per heavy atom. The molecule has 0 aliphatic rings. The van der Waals surface area contributed by atoms with Crippen LogP contribution in [0.1, 0.15) is 17.9 Å². The molecule has 0 aliphatic carbocycles. The van der Waals surface area contributed by atoms with Gasteiger partial charge in [-0.15, -0.1) is 0 Å². The minimum Gasteiger partial charge on any atom is -0.480 e. The van der Waals surface area contributed by atoms with Crippen LogP contribution < -0.4 is 10.6 Å². The quantitative estimate of drug-likeness (QED) is 0.656. The van der Waals surface area contributed by atoms with E-state index in [2.05, 4.69) is 15.8 Å². The van der Waals surface area contributed by atoms with Crippen molar-refractivity contribution in [2.45, 2.75) is 25.9 Å². The second-order valence-electron chi connectivity index (χ2n) is 3.93. The average molecular weight is 271 g/mol. The number of carboxylic acid groups (broad SMARTS) is 1. The lowest BCUT2D eigenvalue weighted by molar-refractivity contribution is -0.139. The van der Waals surface area contributed by atoms with E-state index >= 15 is 0 Å². The molecule has 106 valence electrons. The highest BCUT2D eigenvalue weighted by Crippen LogP contribution is 2.00. The molecule has 0 fully saturated rings. The summed E-state index contributed by atoms with van der Waals surface area (Å²) >= 11 is 0. The van der Waals surface area contributed by atoms with E-state index in [-0.39, 0.29) is 19.6 Å². The van der Waals surface area contributed by atoms with E-state index in [1.165, 1.54) is 7.11 Å². The zero-order valence-corrected chi connectivity index (χ0v) is 10.8. The number of ether oxygens (including phenoxy) is 1. The highest BCUT2D eigenvalue weighted by Gasteiger charge is 2.19. The number of hydrogen-bond donors (Lipinski definition) is 3. The summed E-state index contributed by atoms with van der Waals surface area (Å²) in [7, 11) is 1.46. The molecule has 8 nitrogen and oxygen atoms in total. The highest BCUT2D eigenvalue weighted by atomic mass is 16.5. The molecule has 8 heteroatoms. The molecular weight excluding hydrogens is 254 g/mol. The maximum Gasteiger partial charge on any atom is 0.326 e. The number of rotatable bonds is 7. The van der Waals surface area contributed by atoms with Gasteiger partial charge < -0.3 is 25.0 Å². The predicted molar refractivity (Wildman–Crippen MR) is 64.5 cm³/mol. The molecule has 0 aliphatic heterocycles. The predicted octanol–water partition coefficient (Wildman–Crippen LogP) is 0.272. The van der Waals surface area contributed by atoms with Gasteiger partial charge in [0, 0.05) is 26.2 Å². The summed E-state index contributed by atoms with van der Waals surface area (Å²) in [5.41, 5.74) is 0.566. The molecule has 1 aromatic rings. The fraction of sp³-hybridized carbons (Fsp3) is 0.545. The Bertz CT molecular complexity index is 432. The third-order valence-corrected chi connectivity index (χ3v) is 2.32. The van der Waals surface area contributed by atoms with Crippen LogP contribution in [0.2, 0.25) is 0 Å². The van der Waals surface area contributed by atoms with Gasteiger partial charge in [0.2, 0.25) is 0 Å². The number of urea groups is 1. The molecule has 1 unspecified atom stereocenters. The number of methoxy groups -OCH3 is 1. The summed E-state index contributed by atoms with van der Waals surface area (Å²) in [5.74, 6) is -0.467. The molecular formula is C11H17N3O5. The van der Waals surface area contributed by atoms with E-state index in [1.807, 2.05) is 0 Å².